The number of methoxy groups -OCH3 is 1. The molecule has 0 N–H and O–H groups in total. The van der Waals surface area contributed by atoms with Crippen molar-refractivity contribution in [2.24, 2.45) is 0 Å². The zero-order chi connectivity index (χ0) is 12.1. The van der Waals surface area contributed by atoms with Gasteiger partial charge in [0.1, 0.15) is 5.75 Å². The van der Waals surface area contributed by atoms with Crippen LogP contribution in [0.1, 0.15) is 10.5 Å². The third-order valence-corrected chi connectivity index (χ3v) is 2.08. The molecule has 4 nitrogen and oxygen atoms in total. The Morgan fingerprint density at radius 3 is 2.53 bits per heavy atom. The summed E-state index contributed by atoms with van der Waals surface area (Å²) in [6.45, 7) is 0. The number of rotatable bonds is 3. The van der Waals surface area contributed by atoms with Gasteiger partial charge >= 0.3 is 5.97 Å². The van der Waals surface area contributed by atoms with Crippen LogP contribution in [0.2, 0.25) is 0 Å². The molecule has 0 fully saturated rings. The number of para-hydroxylation sites is 1. The molecule has 0 saturated heterocycles. The zero-order valence-corrected chi connectivity index (χ0v) is 9.29. The highest BCUT2D eigenvalue weighted by Gasteiger charge is 2.08. The second kappa shape index (κ2) is 5.12. The fourth-order valence-electron chi connectivity index (χ4n) is 1.30. The van der Waals surface area contributed by atoms with Crippen LogP contribution < -0.4 is 4.74 Å². The Bertz CT molecular complexity index is 511. The maximum absolute atomic E-state index is 11.3. The molecule has 1 aromatic heterocycles. The van der Waals surface area contributed by atoms with Crippen molar-refractivity contribution in [3.8, 4) is 11.6 Å². The third-order valence-electron chi connectivity index (χ3n) is 2.08. The van der Waals surface area contributed by atoms with Crippen LogP contribution in [-0.2, 0) is 4.74 Å². The molecule has 0 aliphatic rings. The van der Waals surface area contributed by atoms with Crippen molar-refractivity contribution in [3.63, 3.8) is 0 Å². The first-order valence-corrected chi connectivity index (χ1v) is 5.08. The molecule has 4 heteroatoms. The first kappa shape index (κ1) is 11.1. The number of ether oxygens (including phenoxy) is 2. The quantitative estimate of drug-likeness (QED) is 0.759. The Balaban J connectivity index is 2.20. The minimum Gasteiger partial charge on any atom is -0.464 e. The molecule has 1 aromatic carbocycles. The second-order valence-corrected chi connectivity index (χ2v) is 3.27. The molecule has 17 heavy (non-hydrogen) atoms. The fourth-order valence-corrected chi connectivity index (χ4v) is 1.30. The zero-order valence-electron chi connectivity index (χ0n) is 9.29. The lowest BCUT2D eigenvalue weighted by atomic mass is 10.3. The van der Waals surface area contributed by atoms with Crippen LogP contribution >= 0.6 is 0 Å². The van der Waals surface area contributed by atoms with E-state index in [9.17, 15) is 4.79 Å². The normalized spacial score (nSPS) is 9.71. The number of benzene rings is 1. The summed E-state index contributed by atoms with van der Waals surface area (Å²) < 4.78 is 10.1. The standard InChI is InChI=1S/C13H11NO3/c1-16-13(15)11-8-5-9-12(14-11)17-10-6-3-2-4-7-10/h2-9H,1H3. The van der Waals surface area contributed by atoms with E-state index < -0.39 is 5.97 Å². The predicted octanol–water partition coefficient (Wildman–Crippen LogP) is 2.66. The molecule has 86 valence electrons. The Labute approximate surface area is 98.8 Å². The van der Waals surface area contributed by atoms with Crippen LogP contribution in [0, 0.1) is 0 Å². The van der Waals surface area contributed by atoms with Crippen LogP contribution in [0.3, 0.4) is 0 Å². The second-order valence-electron chi connectivity index (χ2n) is 3.27. The first-order chi connectivity index (χ1) is 8.29. The number of carbonyl (C=O) groups excluding carboxylic acids is 1. The summed E-state index contributed by atoms with van der Waals surface area (Å²) in [7, 11) is 1.31. The molecule has 0 aliphatic heterocycles. The number of esters is 1. The van der Waals surface area contributed by atoms with Gasteiger partial charge in [-0.2, -0.15) is 0 Å². The van der Waals surface area contributed by atoms with Crippen LogP contribution in [0.25, 0.3) is 0 Å². The van der Waals surface area contributed by atoms with Crippen molar-refractivity contribution in [1.82, 2.24) is 4.98 Å². The van der Waals surface area contributed by atoms with Gasteiger partial charge < -0.3 is 9.47 Å². The van der Waals surface area contributed by atoms with E-state index in [1.54, 1.807) is 18.2 Å². The van der Waals surface area contributed by atoms with E-state index in [4.69, 9.17) is 4.74 Å². The van der Waals surface area contributed by atoms with Crippen LogP contribution in [0.15, 0.2) is 48.5 Å². The summed E-state index contributed by atoms with van der Waals surface area (Å²) in [4.78, 5) is 15.3. The molecule has 0 aliphatic carbocycles. The van der Waals surface area contributed by atoms with Gasteiger partial charge in [0, 0.05) is 6.07 Å². The molecular formula is C13H11NO3. The van der Waals surface area contributed by atoms with E-state index in [0.717, 1.165) is 0 Å². The van der Waals surface area contributed by atoms with Gasteiger partial charge in [-0.1, -0.05) is 24.3 Å². The first-order valence-electron chi connectivity index (χ1n) is 5.08. The topological polar surface area (TPSA) is 48.4 Å². The van der Waals surface area contributed by atoms with E-state index in [-0.39, 0.29) is 5.69 Å². The lowest BCUT2D eigenvalue weighted by molar-refractivity contribution is 0.0593. The van der Waals surface area contributed by atoms with E-state index in [0.29, 0.717) is 11.6 Å². The number of hydrogen-bond donors (Lipinski definition) is 0. The predicted molar refractivity (Wildman–Crippen MR) is 62.1 cm³/mol. The SMILES string of the molecule is COC(=O)c1cccc(Oc2ccccc2)n1. The minimum absolute atomic E-state index is 0.223. The van der Waals surface area contributed by atoms with Crippen molar-refractivity contribution in [1.29, 1.82) is 0 Å². The summed E-state index contributed by atoms with van der Waals surface area (Å²) >= 11 is 0. The Hall–Kier alpha value is -2.36. The molecule has 0 amide bonds. The Morgan fingerprint density at radius 1 is 1.06 bits per heavy atom. The molecule has 0 spiro atoms. The lowest BCUT2D eigenvalue weighted by Gasteiger charge is -2.05. The minimum atomic E-state index is -0.483. The van der Waals surface area contributed by atoms with Crippen LogP contribution in [0.4, 0.5) is 0 Å². The van der Waals surface area contributed by atoms with Gasteiger partial charge in [0.15, 0.2) is 5.69 Å². The Kier molecular flexibility index (Phi) is 3.35. The maximum Gasteiger partial charge on any atom is 0.356 e. The number of hydrogen-bond acceptors (Lipinski definition) is 4. The van der Waals surface area contributed by atoms with E-state index in [1.807, 2.05) is 30.3 Å². The number of carbonyl (C=O) groups is 1. The molecule has 0 radical (unpaired) electrons. The molecule has 1 heterocycles. The van der Waals surface area contributed by atoms with E-state index in [2.05, 4.69) is 9.72 Å². The van der Waals surface area contributed by atoms with Gasteiger partial charge in [-0.3, -0.25) is 0 Å². The summed E-state index contributed by atoms with van der Waals surface area (Å²) in [5.74, 6) is 0.546. The summed E-state index contributed by atoms with van der Waals surface area (Å²) in [6, 6.07) is 14.2. The number of pyridine rings is 1. The summed E-state index contributed by atoms with van der Waals surface area (Å²) in [5.41, 5.74) is 0.223. The van der Waals surface area contributed by atoms with Gasteiger partial charge in [-0.05, 0) is 18.2 Å². The van der Waals surface area contributed by atoms with Crippen molar-refractivity contribution >= 4 is 5.97 Å². The van der Waals surface area contributed by atoms with Gasteiger partial charge in [-0.25, -0.2) is 9.78 Å². The monoisotopic (exact) mass is 229 g/mol. The average Bonchev–Trinajstić information content (AvgIpc) is 2.39. The molecule has 2 rings (SSSR count). The summed E-state index contributed by atoms with van der Waals surface area (Å²) in [6.07, 6.45) is 0. The highest BCUT2D eigenvalue weighted by molar-refractivity contribution is 5.87. The van der Waals surface area contributed by atoms with Crippen molar-refractivity contribution in [2.75, 3.05) is 7.11 Å². The molecule has 0 saturated carbocycles. The van der Waals surface area contributed by atoms with Crippen molar-refractivity contribution in [2.45, 2.75) is 0 Å². The Morgan fingerprint density at radius 2 is 1.82 bits per heavy atom. The maximum atomic E-state index is 11.3. The van der Waals surface area contributed by atoms with Gasteiger partial charge in [0.25, 0.3) is 0 Å². The fraction of sp³-hybridized carbons (Fsp3) is 0.0769. The van der Waals surface area contributed by atoms with Crippen LogP contribution in [0.5, 0.6) is 11.6 Å². The van der Waals surface area contributed by atoms with Gasteiger partial charge in [0.05, 0.1) is 7.11 Å². The molecule has 0 bridgehead atoms. The van der Waals surface area contributed by atoms with Crippen LogP contribution in [-0.4, -0.2) is 18.1 Å². The molecule has 0 unspecified atom stereocenters. The molecule has 0 atom stereocenters. The smallest absolute Gasteiger partial charge is 0.356 e. The van der Waals surface area contributed by atoms with Crippen molar-refractivity contribution in [3.05, 3.63) is 54.2 Å². The molecule has 2 aromatic rings. The van der Waals surface area contributed by atoms with Gasteiger partial charge in [-0.15, -0.1) is 0 Å². The lowest BCUT2D eigenvalue weighted by Crippen LogP contribution is -2.04. The van der Waals surface area contributed by atoms with E-state index >= 15 is 0 Å². The highest BCUT2D eigenvalue weighted by atomic mass is 16.5. The number of nitrogens with zero attached hydrogens (tertiary/aromatic N) is 1. The van der Waals surface area contributed by atoms with E-state index in [1.165, 1.54) is 7.11 Å². The average molecular weight is 229 g/mol. The summed E-state index contributed by atoms with van der Waals surface area (Å²) in [5, 5.41) is 0. The molecular weight excluding hydrogens is 218 g/mol. The highest BCUT2D eigenvalue weighted by Crippen LogP contribution is 2.18. The third kappa shape index (κ3) is 2.81. The van der Waals surface area contributed by atoms with Crippen molar-refractivity contribution < 1.29 is 14.3 Å². The number of aromatic nitrogens is 1. The largest absolute Gasteiger partial charge is 0.464 e. The van der Waals surface area contributed by atoms with Gasteiger partial charge in [0.2, 0.25) is 5.88 Å².